The fraction of sp³-hybridized carbons (Fsp3) is 0.300. The van der Waals surface area contributed by atoms with Gasteiger partial charge in [0.25, 0.3) is 5.91 Å². The van der Waals surface area contributed by atoms with Crippen molar-refractivity contribution in [3.8, 4) is 5.75 Å². The van der Waals surface area contributed by atoms with Gasteiger partial charge in [0.05, 0.1) is 12.2 Å². The van der Waals surface area contributed by atoms with E-state index in [0.29, 0.717) is 17.9 Å². The molecule has 0 spiro atoms. The number of amides is 1. The van der Waals surface area contributed by atoms with Crippen molar-refractivity contribution in [1.29, 1.82) is 0 Å². The molecule has 1 amide bonds. The van der Waals surface area contributed by atoms with Crippen LogP contribution in [0.2, 0.25) is 0 Å². The highest BCUT2D eigenvalue weighted by Gasteiger charge is 2.17. The lowest BCUT2D eigenvalue weighted by molar-refractivity contribution is -0.122. The van der Waals surface area contributed by atoms with Gasteiger partial charge in [0.15, 0.2) is 17.7 Å². The van der Waals surface area contributed by atoms with E-state index >= 15 is 0 Å². The van der Waals surface area contributed by atoms with Crippen molar-refractivity contribution in [3.05, 3.63) is 59.9 Å². The van der Waals surface area contributed by atoms with Crippen molar-refractivity contribution < 1.29 is 23.5 Å². The molecule has 0 aliphatic rings. The lowest BCUT2D eigenvalue weighted by atomic mass is 10.2. The Morgan fingerprint density at radius 1 is 1.12 bits per heavy atom. The Kier molecular flexibility index (Phi) is 7.14. The second-order valence-corrected chi connectivity index (χ2v) is 5.75. The van der Waals surface area contributed by atoms with Gasteiger partial charge in [0, 0.05) is 5.69 Å². The number of halogens is 1. The largest absolute Gasteiger partial charge is 0.478 e. The molecule has 0 aliphatic heterocycles. The molecule has 26 heavy (non-hydrogen) atoms. The number of carbonyl (C=O) groups excluding carboxylic acids is 2. The van der Waals surface area contributed by atoms with Crippen LogP contribution in [0.15, 0.2) is 48.5 Å². The van der Waals surface area contributed by atoms with Crippen LogP contribution >= 0.6 is 0 Å². The second kappa shape index (κ2) is 9.56. The Labute approximate surface area is 152 Å². The smallest absolute Gasteiger partial charge is 0.338 e. The monoisotopic (exact) mass is 359 g/mol. The summed E-state index contributed by atoms with van der Waals surface area (Å²) in [5, 5.41) is 2.66. The summed E-state index contributed by atoms with van der Waals surface area (Å²) in [5.41, 5.74) is 0.916. The van der Waals surface area contributed by atoms with Crippen molar-refractivity contribution in [2.75, 3.05) is 11.9 Å². The highest BCUT2D eigenvalue weighted by atomic mass is 19.1. The highest BCUT2D eigenvalue weighted by molar-refractivity contribution is 5.95. The summed E-state index contributed by atoms with van der Waals surface area (Å²) in [4.78, 5) is 24.0. The SMILES string of the molecule is CCCCOC(=O)c1ccc(NC(=O)C(C)Oc2ccccc2F)cc1. The van der Waals surface area contributed by atoms with Gasteiger partial charge >= 0.3 is 5.97 Å². The number of benzene rings is 2. The fourth-order valence-corrected chi connectivity index (χ4v) is 2.11. The van der Waals surface area contributed by atoms with E-state index in [-0.39, 0.29) is 5.75 Å². The first-order valence-corrected chi connectivity index (χ1v) is 8.50. The van der Waals surface area contributed by atoms with Gasteiger partial charge in [-0.05, 0) is 49.7 Å². The lowest BCUT2D eigenvalue weighted by Crippen LogP contribution is -2.30. The van der Waals surface area contributed by atoms with Crippen molar-refractivity contribution in [3.63, 3.8) is 0 Å². The molecule has 1 unspecified atom stereocenters. The summed E-state index contributed by atoms with van der Waals surface area (Å²) in [5.74, 6) is -1.34. The molecule has 0 aliphatic carbocycles. The Bertz CT molecular complexity index is 746. The number of para-hydroxylation sites is 1. The predicted octanol–water partition coefficient (Wildman–Crippen LogP) is 4.19. The standard InChI is InChI=1S/C20H22FNO4/c1-3-4-13-25-20(24)15-9-11-16(12-10-15)22-19(23)14(2)26-18-8-6-5-7-17(18)21/h5-12,14H,3-4,13H2,1-2H3,(H,22,23). The number of ether oxygens (including phenoxy) is 2. The highest BCUT2D eigenvalue weighted by Crippen LogP contribution is 2.18. The van der Waals surface area contributed by atoms with Crippen molar-refractivity contribution in [1.82, 2.24) is 0 Å². The van der Waals surface area contributed by atoms with Gasteiger partial charge in [0.2, 0.25) is 0 Å². The molecule has 1 atom stereocenters. The molecule has 6 heteroatoms. The molecule has 2 rings (SSSR count). The third-order valence-electron chi connectivity index (χ3n) is 3.63. The van der Waals surface area contributed by atoms with Crippen LogP contribution in [0.5, 0.6) is 5.75 Å². The first-order chi connectivity index (χ1) is 12.5. The van der Waals surface area contributed by atoms with Gasteiger partial charge in [-0.25, -0.2) is 9.18 Å². The molecule has 0 saturated heterocycles. The summed E-state index contributed by atoms with van der Waals surface area (Å²) in [6.07, 6.45) is 0.885. The number of nitrogens with one attached hydrogen (secondary N) is 1. The Hall–Kier alpha value is -2.89. The van der Waals surface area contributed by atoms with Gasteiger partial charge in [-0.3, -0.25) is 4.79 Å². The number of esters is 1. The normalized spacial score (nSPS) is 11.5. The zero-order valence-corrected chi connectivity index (χ0v) is 14.8. The molecule has 0 radical (unpaired) electrons. The topological polar surface area (TPSA) is 64.6 Å². The van der Waals surface area contributed by atoms with Gasteiger partial charge in [0.1, 0.15) is 0 Å². The molecule has 0 bridgehead atoms. The van der Waals surface area contributed by atoms with Crippen LogP contribution in [0.25, 0.3) is 0 Å². The van der Waals surface area contributed by atoms with E-state index in [2.05, 4.69) is 5.32 Å². The molecular formula is C20H22FNO4. The van der Waals surface area contributed by atoms with E-state index in [4.69, 9.17) is 9.47 Å². The Morgan fingerprint density at radius 3 is 2.46 bits per heavy atom. The molecule has 2 aromatic rings. The fourth-order valence-electron chi connectivity index (χ4n) is 2.11. The van der Waals surface area contributed by atoms with E-state index < -0.39 is 23.8 Å². The maximum absolute atomic E-state index is 13.6. The summed E-state index contributed by atoms with van der Waals surface area (Å²) < 4.78 is 24.0. The first kappa shape index (κ1) is 19.4. The van der Waals surface area contributed by atoms with Gasteiger partial charge in [-0.2, -0.15) is 0 Å². The van der Waals surface area contributed by atoms with Crippen LogP contribution in [-0.4, -0.2) is 24.6 Å². The molecule has 5 nitrogen and oxygen atoms in total. The van der Waals surface area contributed by atoms with Crippen LogP contribution in [0.1, 0.15) is 37.0 Å². The first-order valence-electron chi connectivity index (χ1n) is 8.50. The van der Waals surface area contributed by atoms with E-state index in [1.807, 2.05) is 6.92 Å². The van der Waals surface area contributed by atoms with Crippen LogP contribution in [0.3, 0.4) is 0 Å². The summed E-state index contributed by atoms with van der Waals surface area (Å²) in [7, 11) is 0. The third-order valence-corrected chi connectivity index (χ3v) is 3.63. The average molecular weight is 359 g/mol. The van der Waals surface area contributed by atoms with E-state index in [1.54, 1.807) is 36.4 Å². The van der Waals surface area contributed by atoms with Gasteiger partial charge < -0.3 is 14.8 Å². The van der Waals surface area contributed by atoms with E-state index in [0.717, 1.165) is 12.8 Å². The second-order valence-electron chi connectivity index (χ2n) is 5.75. The van der Waals surface area contributed by atoms with E-state index in [9.17, 15) is 14.0 Å². The minimum Gasteiger partial charge on any atom is -0.478 e. The van der Waals surface area contributed by atoms with Crippen molar-refractivity contribution in [2.24, 2.45) is 0 Å². The number of hydrogen-bond donors (Lipinski definition) is 1. The maximum atomic E-state index is 13.6. The van der Waals surface area contributed by atoms with Crippen LogP contribution < -0.4 is 10.1 Å². The number of unbranched alkanes of at least 4 members (excludes halogenated alkanes) is 1. The zero-order chi connectivity index (χ0) is 18.9. The molecule has 138 valence electrons. The van der Waals surface area contributed by atoms with Crippen LogP contribution in [-0.2, 0) is 9.53 Å². The van der Waals surface area contributed by atoms with E-state index in [1.165, 1.54) is 19.1 Å². The maximum Gasteiger partial charge on any atom is 0.338 e. The van der Waals surface area contributed by atoms with Crippen LogP contribution in [0.4, 0.5) is 10.1 Å². The number of carbonyl (C=O) groups is 2. The lowest BCUT2D eigenvalue weighted by Gasteiger charge is -2.15. The molecule has 0 aromatic heterocycles. The van der Waals surface area contributed by atoms with Crippen molar-refractivity contribution in [2.45, 2.75) is 32.8 Å². The number of rotatable bonds is 8. The summed E-state index contributed by atoms with van der Waals surface area (Å²) >= 11 is 0. The van der Waals surface area contributed by atoms with Gasteiger partial charge in [-0.1, -0.05) is 25.5 Å². The Balaban J connectivity index is 1.90. The quantitative estimate of drug-likeness (QED) is 0.567. The number of hydrogen-bond acceptors (Lipinski definition) is 4. The summed E-state index contributed by atoms with van der Waals surface area (Å²) in [6.45, 7) is 3.93. The Morgan fingerprint density at radius 2 is 1.81 bits per heavy atom. The minimum absolute atomic E-state index is 0.0142. The molecule has 1 N–H and O–H groups in total. The minimum atomic E-state index is -0.884. The third kappa shape index (κ3) is 5.58. The predicted molar refractivity (Wildman–Crippen MR) is 96.8 cm³/mol. The van der Waals surface area contributed by atoms with Crippen LogP contribution in [0, 0.1) is 5.82 Å². The van der Waals surface area contributed by atoms with Crippen molar-refractivity contribution >= 4 is 17.6 Å². The molecular weight excluding hydrogens is 337 g/mol. The van der Waals surface area contributed by atoms with Gasteiger partial charge in [-0.15, -0.1) is 0 Å². The zero-order valence-electron chi connectivity index (χ0n) is 14.8. The molecule has 0 heterocycles. The average Bonchev–Trinajstić information content (AvgIpc) is 2.64. The molecule has 0 fully saturated rings. The molecule has 0 saturated carbocycles. The number of anilines is 1. The summed E-state index contributed by atoms with van der Waals surface area (Å²) in [6, 6.07) is 12.2. The molecule has 2 aromatic carbocycles.